The fourth-order valence-corrected chi connectivity index (χ4v) is 8.61. The van der Waals surface area contributed by atoms with Gasteiger partial charge in [0.25, 0.3) is 0 Å². The predicted octanol–water partition coefficient (Wildman–Crippen LogP) is 13.9. The summed E-state index contributed by atoms with van der Waals surface area (Å²) in [7, 11) is 0. The molecule has 1 aliphatic heterocycles. The topological polar surface area (TPSA) is 49.2 Å². The third-order valence-electron chi connectivity index (χ3n) is 11.2. The van der Waals surface area contributed by atoms with E-state index in [1.165, 1.54) is 16.3 Å². The van der Waals surface area contributed by atoms with Gasteiger partial charge < -0.3 is 9.47 Å². The molecule has 12 rings (SSSR count). The van der Waals surface area contributed by atoms with Crippen molar-refractivity contribution < 1.29 is 9.47 Å². The molecule has 0 N–H and O–H groups in total. The molecule has 5 nitrogen and oxygen atoms in total. The molecule has 0 saturated heterocycles. The Morgan fingerprint density at radius 3 is 1.82 bits per heavy atom. The molecule has 3 heterocycles. The molecule has 9 aromatic carbocycles. The standard InChI is InChI=1S/C52H31N3O2/c1-2-14-34-30-49-48(29-33(34)13-1)56-46-27-26-36(31-47(46)57-49)40-22-11-25-45-50(40)42-20-6-8-24-44(42)55(45)52-53-43-23-7-5-19-41(43)51(54-52)37-17-9-16-35(28-37)39-21-10-15-32-12-3-4-18-38(32)39/h1-31H. The number of nitrogens with zero attached hydrogens (tertiary/aromatic N) is 3. The van der Waals surface area contributed by atoms with Crippen LogP contribution in [-0.2, 0) is 0 Å². The predicted molar refractivity (Wildman–Crippen MR) is 232 cm³/mol. The molecule has 0 aliphatic carbocycles. The molecule has 266 valence electrons. The normalized spacial score (nSPS) is 12.1. The average molecular weight is 730 g/mol. The van der Waals surface area contributed by atoms with Gasteiger partial charge in [-0.3, -0.25) is 4.57 Å². The van der Waals surface area contributed by atoms with Gasteiger partial charge in [-0.2, -0.15) is 0 Å². The van der Waals surface area contributed by atoms with E-state index in [2.05, 4.69) is 156 Å². The third-order valence-corrected chi connectivity index (χ3v) is 11.2. The second-order valence-electron chi connectivity index (χ2n) is 14.6. The van der Waals surface area contributed by atoms with Crippen molar-refractivity contribution in [3.05, 3.63) is 188 Å². The largest absolute Gasteiger partial charge is 0.449 e. The lowest BCUT2D eigenvalue weighted by Crippen LogP contribution is -2.03. The first-order valence-electron chi connectivity index (χ1n) is 19.1. The van der Waals surface area contributed by atoms with Gasteiger partial charge in [0.1, 0.15) is 0 Å². The lowest BCUT2D eigenvalue weighted by Gasteiger charge is -2.22. The molecule has 0 radical (unpaired) electrons. The Labute approximate surface area is 327 Å². The fraction of sp³-hybridized carbons (Fsp3) is 0. The molecule has 57 heavy (non-hydrogen) atoms. The number of aromatic nitrogens is 3. The monoisotopic (exact) mass is 729 g/mol. The summed E-state index contributed by atoms with van der Waals surface area (Å²) in [6.07, 6.45) is 0. The number of benzene rings is 9. The summed E-state index contributed by atoms with van der Waals surface area (Å²) in [4.78, 5) is 10.7. The van der Waals surface area contributed by atoms with Gasteiger partial charge in [0.05, 0.1) is 22.2 Å². The van der Waals surface area contributed by atoms with Gasteiger partial charge in [0, 0.05) is 21.7 Å². The van der Waals surface area contributed by atoms with E-state index in [-0.39, 0.29) is 0 Å². The van der Waals surface area contributed by atoms with Crippen LogP contribution in [0.25, 0.3) is 93.7 Å². The third kappa shape index (κ3) is 5.03. The molecule has 0 spiro atoms. The quantitative estimate of drug-likeness (QED) is 0.181. The highest BCUT2D eigenvalue weighted by Gasteiger charge is 2.23. The van der Waals surface area contributed by atoms with E-state index in [0.29, 0.717) is 28.9 Å². The molecular weight excluding hydrogens is 699 g/mol. The summed E-state index contributed by atoms with van der Waals surface area (Å²) in [6.45, 7) is 0. The molecule has 0 unspecified atom stereocenters. The van der Waals surface area contributed by atoms with Crippen molar-refractivity contribution in [2.75, 3.05) is 0 Å². The number of hydrogen-bond donors (Lipinski definition) is 0. The summed E-state index contributed by atoms with van der Waals surface area (Å²) < 4.78 is 15.1. The lowest BCUT2D eigenvalue weighted by atomic mass is 9.96. The molecule has 0 amide bonds. The number of ether oxygens (including phenoxy) is 2. The van der Waals surface area contributed by atoms with Crippen molar-refractivity contribution in [2.24, 2.45) is 0 Å². The SMILES string of the molecule is c1cc(-c2cccc3ccccc23)cc(-c2nc(-n3c4ccccc4c4c(-c5ccc6c(c5)Oc5cc7ccccc7cc5O6)cccc43)nc3ccccc23)c1. The van der Waals surface area contributed by atoms with Crippen LogP contribution in [0.4, 0.5) is 0 Å². The first kappa shape index (κ1) is 31.6. The first-order valence-corrected chi connectivity index (χ1v) is 19.1. The minimum atomic E-state index is 0.619. The van der Waals surface area contributed by atoms with Crippen LogP contribution >= 0.6 is 0 Å². The van der Waals surface area contributed by atoms with E-state index in [9.17, 15) is 0 Å². The molecule has 11 aromatic rings. The van der Waals surface area contributed by atoms with Crippen molar-refractivity contribution in [3.8, 4) is 62.5 Å². The highest BCUT2D eigenvalue weighted by molar-refractivity contribution is 6.16. The zero-order valence-electron chi connectivity index (χ0n) is 30.6. The van der Waals surface area contributed by atoms with Gasteiger partial charge in [-0.25, -0.2) is 9.97 Å². The molecule has 0 bridgehead atoms. The van der Waals surface area contributed by atoms with Crippen LogP contribution in [0.15, 0.2) is 188 Å². The van der Waals surface area contributed by atoms with Crippen LogP contribution in [0.3, 0.4) is 0 Å². The van der Waals surface area contributed by atoms with Gasteiger partial charge in [-0.05, 0) is 92.3 Å². The zero-order chi connectivity index (χ0) is 37.5. The van der Waals surface area contributed by atoms with Gasteiger partial charge >= 0.3 is 0 Å². The highest BCUT2D eigenvalue weighted by atomic mass is 16.6. The molecule has 0 atom stereocenters. The van der Waals surface area contributed by atoms with Crippen molar-refractivity contribution >= 4 is 54.3 Å². The molecule has 0 fully saturated rings. The van der Waals surface area contributed by atoms with Crippen molar-refractivity contribution in [2.45, 2.75) is 0 Å². The zero-order valence-corrected chi connectivity index (χ0v) is 30.6. The van der Waals surface area contributed by atoms with Crippen molar-refractivity contribution in [1.29, 1.82) is 0 Å². The first-order chi connectivity index (χ1) is 28.2. The van der Waals surface area contributed by atoms with E-state index in [1.54, 1.807) is 0 Å². The Bertz CT molecular complexity index is 3430. The number of para-hydroxylation sites is 2. The fourth-order valence-electron chi connectivity index (χ4n) is 8.61. The van der Waals surface area contributed by atoms with Crippen LogP contribution in [-0.4, -0.2) is 14.5 Å². The Morgan fingerprint density at radius 1 is 0.368 bits per heavy atom. The maximum Gasteiger partial charge on any atom is 0.235 e. The number of rotatable bonds is 4. The van der Waals surface area contributed by atoms with Crippen LogP contribution in [0.5, 0.6) is 23.0 Å². The van der Waals surface area contributed by atoms with Crippen LogP contribution in [0, 0.1) is 0 Å². The number of hydrogen-bond acceptors (Lipinski definition) is 4. The molecule has 5 heteroatoms. The maximum absolute atomic E-state index is 6.53. The smallest absolute Gasteiger partial charge is 0.235 e. The number of fused-ring (bicyclic) bond motifs is 8. The van der Waals surface area contributed by atoms with Gasteiger partial charge in [-0.15, -0.1) is 0 Å². The molecule has 0 saturated carbocycles. The average Bonchev–Trinajstić information content (AvgIpc) is 3.61. The van der Waals surface area contributed by atoms with Crippen LogP contribution in [0.1, 0.15) is 0 Å². The van der Waals surface area contributed by atoms with Gasteiger partial charge in [0.15, 0.2) is 23.0 Å². The van der Waals surface area contributed by atoms with E-state index in [1.807, 2.05) is 36.4 Å². The Balaban J connectivity index is 1.02. The van der Waals surface area contributed by atoms with Gasteiger partial charge in [-0.1, -0.05) is 140 Å². The van der Waals surface area contributed by atoms with E-state index in [0.717, 1.165) is 71.4 Å². The summed E-state index contributed by atoms with van der Waals surface area (Å²) in [5.74, 6) is 3.42. The molecule has 2 aromatic heterocycles. The highest BCUT2D eigenvalue weighted by Crippen LogP contribution is 2.49. The Hall–Kier alpha value is -7.76. The summed E-state index contributed by atoms with van der Waals surface area (Å²) in [5, 5.41) is 7.90. The van der Waals surface area contributed by atoms with E-state index >= 15 is 0 Å². The van der Waals surface area contributed by atoms with E-state index < -0.39 is 0 Å². The molecular formula is C52H31N3O2. The Kier molecular flexibility index (Phi) is 6.86. The Morgan fingerprint density at radius 2 is 0.965 bits per heavy atom. The summed E-state index contributed by atoms with van der Waals surface area (Å²) in [6, 6.07) is 65.6. The summed E-state index contributed by atoms with van der Waals surface area (Å²) >= 11 is 0. The van der Waals surface area contributed by atoms with E-state index in [4.69, 9.17) is 19.4 Å². The van der Waals surface area contributed by atoms with Gasteiger partial charge in [0.2, 0.25) is 5.95 Å². The maximum atomic E-state index is 6.53. The second-order valence-corrected chi connectivity index (χ2v) is 14.6. The second kappa shape index (κ2) is 12.4. The minimum absolute atomic E-state index is 0.619. The molecule has 1 aliphatic rings. The minimum Gasteiger partial charge on any atom is -0.449 e. The summed E-state index contributed by atoms with van der Waals surface area (Å²) in [5.41, 5.74) is 9.31. The van der Waals surface area contributed by atoms with Crippen LogP contribution < -0.4 is 9.47 Å². The van der Waals surface area contributed by atoms with Crippen LogP contribution in [0.2, 0.25) is 0 Å². The van der Waals surface area contributed by atoms with Crippen molar-refractivity contribution in [3.63, 3.8) is 0 Å². The lowest BCUT2D eigenvalue weighted by molar-refractivity contribution is 0.360. The van der Waals surface area contributed by atoms with Crippen molar-refractivity contribution in [1.82, 2.24) is 14.5 Å².